The summed E-state index contributed by atoms with van der Waals surface area (Å²) in [5.41, 5.74) is 5.57. The molecule has 5 heteroatoms. The van der Waals surface area contributed by atoms with Gasteiger partial charge in [0.15, 0.2) is 0 Å². The van der Waals surface area contributed by atoms with E-state index in [9.17, 15) is 14.7 Å². The number of nitrogens with zero attached hydrogens (tertiary/aromatic N) is 1. The number of aliphatic hydroxyl groups excluding tert-OH is 1. The monoisotopic (exact) mass is 312 g/mol. The number of hydrogen-bond donors (Lipinski definition) is 2. The number of piperidine rings is 1. The van der Waals surface area contributed by atoms with Crippen molar-refractivity contribution in [1.82, 2.24) is 4.90 Å². The molecule has 0 aromatic carbocycles. The van der Waals surface area contributed by atoms with Crippen LogP contribution in [0.15, 0.2) is 0 Å². The molecular formula is C17H32N2O3. The van der Waals surface area contributed by atoms with Crippen molar-refractivity contribution in [2.45, 2.75) is 52.9 Å². The first-order chi connectivity index (χ1) is 10.4. The van der Waals surface area contributed by atoms with Crippen molar-refractivity contribution in [2.75, 3.05) is 19.7 Å². The van der Waals surface area contributed by atoms with Gasteiger partial charge in [0, 0.05) is 31.5 Å². The Kier molecular flexibility index (Phi) is 7.87. The number of carbonyl (C=O) groups excluding carboxylic acids is 2. The van der Waals surface area contributed by atoms with E-state index in [-0.39, 0.29) is 36.2 Å². The van der Waals surface area contributed by atoms with Crippen molar-refractivity contribution in [3.8, 4) is 0 Å². The molecule has 0 spiro atoms. The van der Waals surface area contributed by atoms with Crippen molar-refractivity contribution < 1.29 is 14.7 Å². The molecule has 1 unspecified atom stereocenters. The lowest BCUT2D eigenvalue weighted by molar-refractivity contribution is -0.144. The number of rotatable bonds is 8. The first-order valence-corrected chi connectivity index (χ1v) is 8.59. The van der Waals surface area contributed by atoms with E-state index in [1.807, 2.05) is 11.8 Å². The van der Waals surface area contributed by atoms with Gasteiger partial charge in [-0.05, 0) is 37.5 Å². The van der Waals surface area contributed by atoms with Crippen molar-refractivity contribution in [3.63, 3.8) is 0 Å². The summed E-state index contributed by atoms with van der Waals surface area (Å²) in [5, 5.41) is 9.34. The molecule has 3 N–H and O–H groups in total. The quantitative estimate of drug-likeness (QED) is 0.716. The highest BCUT2D eigenvalue weighted by Crippen LogP contribution is 2.28. The third-order valence-electron chi connectivity index (χ3n) is 4.58. The van der Waals surface area contributed by atoms with Crippen LogP contribution in [0.1, 0.15) is 52.9 Å². The molecule has 1 aliphatic rings. The summed E-state index contributed by atoms with van der Waals surface area (Å²) in [6.45, 7) is 7.58. The largest absolute Gasteiger partial charge is 0.396 e. The molecule has 0 saturated carbocycles. The molecule has 0 aromatic rings. The Morgan fingerprint density at radius 2 is 2.00 bits per heavy atom. The molecule has 1 heterocycles. The Labute approximate surface area is 134 Å². The van der Waals surface area contributed by atoms with Gasteiger partial charge in [-0.1, -0.05) is 27.2 Å². The fraction of sp³-hybridized carbons (Fsp3) is 0.882. The Morgan fingerprint density at radius 3 is 2.50 bits per heavy atom. The number of likely N-dealkylation sites (tertiary alicyclic amines) is 1. The Hall–Kier alpha value is -1.10. The highest BCUT2D eigenvalue weighted by atomic mass is 16.3. The lowest BCUT2D eigenvalue weighted by Gasteiger charge is -2.36. The van der Waals surface area contributed by atoms with Gasteiger partial charge in [0.2, 0.25) is 11.8 Å². The number of nitrogens with two attached hydrogens (primary N) is 1. The maximum atomic E-state index is 13.0. The smallest absolute Gasteiger partial charge is 0.226 e. The zero-order chi connectivity index (χ0) is 16.7. The fourth-order valence-electron chi connectivity index (χ4n) is 3.45. The zero-order valence-electron chi connectivity index (χ0n) is 14.3. The topological polar surface area (TPSA) is 83.6 Å². The van der Waals surface area contributed by atoms with Crippen molar-refractivity contribution in [2.24, 2.45) is 29.4 Å². The van der Waals surface area contributed by atoms with Gasteiger partial charge in [0.25, 0.3) is 0 Å². The number of aliphatic hydroxyl groups is 1. The van der Waals surface area contributed by atoms with Gasteiger partial charge < -0.3 is 15.7 Å². The van der Waals surface area contributed by atoms with Gasteiger partial charge in [0.05, 0.1) is 0 Å². The van der Waals surface area contributed by atoms with E-state index in [2.05, 4.69) is 13.8 Å². The minimum absolute atomic E-state index is 0.0455. The minimum Gasteiger partial charge on any atom is -0.396 e. The second-order valence-corrected chi connectivity index (χ2v) is 7.01. The van der Waals surface area contributed by atoms with Crippen LogP contribution < -0.4 is 5.73 Å². The molecule has 0 bridgehead atoms. The van der Waals surface area contributed by atoms with Crippen LogP contribution in [0.25, 0.3) is 0 Å². The highest BCUT2D eigenvalue weighted by molar-refractivity contribution is 5.87. The molecule has 0 aromatic heterocycles. The van der Waals surface area contributed by atoms with Crippen LogP contribution >= 0.6 is 0 Å². The summed E-state index contributed by atoms with van der Waals surface area (Å²) in [5.74, 6) is -0.522. The Balaban J connectivity index is 2.89. The van der Waals surface area contributed by atoms with Gasteiger partial charge in [0.1, 0.15) is 0 Å². The minimum atomic E-state index is -0.380. The summed E-state index contributed by atoms with van der Waals surface area (Å²) in [6, 6.07) is 0. The van der Waals surface area contributed by atoms with Gasteiger partial charge in [-0.3, -0.25) is 9.59 Å². The van der Waals surface area contributed by atoms with Crippen molar-refractivity contribution >= 4 is 11.8 Å². The Bertz CT molecular complexity index is 371. The molecule has 0 aliphatic carbocycles. The third kappa shape index (κ3) is 5.27. The lowest BCUT2D eigenvalue weighted by atomic mass is 9.80. The standard InChI is InChI=1S/C17H32N2O3/c1-4-6-14(16(18)21)15(9-12(2)3)17(22)19-8-5-7-13(10-19)11-20/h12-15,20H,4-11H2,1-3H3,(H2,18,21)/t13?,14-,15+/m0/s1. The van der Waals surface area contributed by atoms with Gasteiger partial charge >= 0.3 is 0 Å². The number of primary amides is 1. The van der Waals surface area contributed by atoms with Gasteiger partial charge in [-0.15, -0.1) is 0 Å². The summed E-state index contributed by atoms with van der Waals surface area (Å²) in [4.78, 5) is 26.6. The van der Waals surface area contributed by atoms with Crippen LogP contribution in [0.4, 0.5) is 0 Å². The SMILES string of the molecule is CCC[C@H](C(N)=O)[C@@H](CC(C)C)C(=O)N1CCCC(CO)C1. The van der Waals surface area contributed by atoms with Crippen LogP contribution in [-0.2, 0) is 9.59 Å². The van der Waals surface area contributed by atoms with Crippen LogP contribution in [0.2, 0.25) is 0 Å². The molecule has 1 rings (SSSR count). The maximum absolute atomic E-state index is 13.0. The summed E-state index contributed by atoms with van der Waals surface area (Å²) < 4.78 is 0. The fourth-order valence-corrected chi connectivity index (χ4v) is 3.45. The van der Waals surface area contributed by atoms with E-state index >= 15 is 0 Å². The second-order valence-electron chi connectivity index (χ2n) is 7.01. The van der Waals surface area contributed by atoms with E-state index in [0.717, 1.165) is 25.8 Å². The van der Waals surface area contributed by atoms with Crippen molar-refractivity contribution in [1.29, 1.82) is 0 Å². The predicted molar refractivity (Wildman–Crippen MR) is 86.9 cm³/mol. The molecule has 22 heavy (non-hydrogen) atoms. The molecule has 1 fully saturated rings. The molecule has 2 amide bonds. The van der Waals surface area contributed by atoms with Crippen LogP contribution in [0, 0.1) is 23.7 Å². The number of amides is 2. The first kappa shape index (κ1) is 18.9. The van der Waals surface area contributed by atoms with Gasteiger partial charge in [-0.2, -0.15) is 0 Å². The normalized spacial score (nSPS) is 21.7. The van der Waals surface area contributed by atoms with E-state index in [1.54, 1.807) is 0 Å². The molecule has 5 nitrogen and oxygen atoms in total. The first-order valence-electron chi connectivity index (χ1n) is 8.59. The average Bonchev–Trinajstić information content (AvgIpc) is 2.49. The summed E-state index contributed by atoms with van der Waals surface area (Å²) >= 11 is 0. The average molecular weight is 312 g/mol. The summed E-state index contributed by atoms with van der Waals surface area (Å²) in [7, 11) is 0. The molecule has 0 radical (unpaired) electrons. The Morgan fingerprint density at radius 1 is 1.32 bits per heavy atom. The van der Waals surface area contributed by atoms with E-state index in [4.69, 9.17) is 5.73 Å². The molecule has 3 atom stereocenters. The van der Waals surface area contributed by atoms with E-state index < -0.39 is 0 Å². The summed E-state index contributed by atoms with van der Waals surface area (Å²) in [6.07, 6.45) is 4.07. The molecular weight excluding hydrogens is 280 g/mol. The van der Waals surface area contributed by atoms with Crippen LogP contribution in [-0.4, -0.2) is 41.5 Å². The van der Waals surface area contributed by atoms with Gasteiger partial charge in [-0.25, -0.2) is 0 Å². The van der Waals surface area contributed by atoms with Crippen LogP contribution in [0.3, 0.4) is 0 Å². The molecule has 1 saturated heterocycles. The molecule has 128 valence electrons. The maximum Gasteiger partial charge on any atom is 0.226 e. The van der Waals surface area contributed by atoms with E-state index in [1.165, 1.54) is 0 Å². The predicted octanol–water partition coefficient (Wildman–Crippen LogP) is 1.78. The highest BCUT2D eigenvalue weighted by Gasteiger charge is 2.36. The molecule has 1 aliphatic heterocycles. The van der Waals surface area contributed by atoms with Crippen LogP contribution in [0.5, 0.6) is 0 Å². The third-order valence-corrected chi connectivity index (χ3v) is 4.58. The van der Waals surface area contributed by atoms with E-state index in [0.29, 0.717) is 25.3 Å². The lowest BCUT2D eigenvalue weighted by Crippen LogP contribution is -2.47. The second kappa shape index (κ2) is 9.13. The zero-order valence-corrected chi connectivity index (χ0v) is 14.3. The number of carbonyl (C=O) groups is 2. The number of hydrogen-bond acceptors (Lipinski definition) is 3. The van der Waals surface area contributed by atoms with Crippen molar-refractivity contribution in [3.05, 3.63) is 0 Å².